The van der Waals surface area contributed by atoms with E-state index in [-0.39, 0.29) is 0 Å². The normalized spacial score (nSPS) is 27.1. The van der Waals surface area contributed by atoms with Crippen LogP contribution < -0.4 is 4.74 Å². The Labute approximate surface area is 110 Å². The van der Waals surface area contributed by atoms with Crippen LogP contribution in [0.5, 0.6) is 5.75 Å². The predicted octanol–water partition coefficient (Wildman–Crippen LogP) is 4.66. The molecule has 18 heavy (non-hydrogen) atoms. The molecule has 0 amide bonds. The van der Waals surface area contributed by atoms with Gasteiger partial charge in [-0.25, -0.2) is 0 Å². The summed E-state index contributed by atoms with van der Waals surface area (Å²) in [5.74, 6) is 1.11. The monoisotopic (exact) mass is 242 g/mol. The summed E-state index contributed by atoms with van der Waals surface area (Å²) >= 11 is 0. The Morgan fingerprint density at radius 2 is 1.83 bits per heavy atom. The summed E-state index contributed by atoms with van der Waals surface area (Å²) in [6.07, 6.45) is 13.1. The number of allylic oxidation sites excluding steroid dienone is 1. The summed E-state index contributed by atoms with van der Waals surface area (Å²) < 4.78 is 6.20. The van der Waals surface area contributed by atoms with Crippen molar-refractivity contribution in [2.75, 3.05) is 0 Å². The molecular formula is C17H22O. The number of benzene rings is 1. The van der Waals surface area contributed by atoms with Crippen LogP contribution in [-0.4, -0.2) is 6.10 Å². The van der Waals surface area contributed by atoms with Crippen molar-refractivity contribution in [2.24, 2.45) is 0 Å². The molecule has 2 aliphatic rings. The summed E-state index contributed by atoms with van der Waals surface area (Å²) in [6, 6.07) is 8.49. The van der Waals surface area contributed by atoms with Crippen LogP contribution in [0, 0.1) is 0 Å². The van der Waals surface area contributed by atoms with Crippen LogP contribution in [0.1, 0.15) is 50.5 Å². The predicted molar refractivity (Wildman–Crippen MR) is 75.0 cm³/mol. The van der Waals surface area contributed by atoms with Gasteiger partial charge in [0.2, 0.25) is 0 Å². The largest absolute Gasteiger partial charge is 0.486 e. The van der Waals surface area contributed by atoms with Crippen molar-refractivity contribution in [1.29, 1.82) is 0 Å². The van der Waals surface area contributed by atoms with E-state index in [2.05, 4.69) is 30.3 Å². The van der Waals surface area contributed by atoms with E-state index in [0.29, 0.717) is 6.10 Å². The summed E-state index contributed by atoms with van der Waals surface area (Å²) in [7, 11) is 0. The minimum absolute atomic E-state index is 0.345. The smallest absolute Gasteiger partial charge is 0.123 e. The Balaban J connectivity index is 1.74. The number of hydrogen-bond donors (Lipinski definition) is 0. The average Bonchev–Trinajstić information content (AvgIpc) is 2.38. The highest BCUT2D eigenvalue weighted by molar-refractivity contribution is 5.36. The van der Waals surface area contributed by atoms with E-state index in [9.17, 15) is 0 Å². The lowest BCUT2D eigenvalue weighted by atomic mass is 9.91. The lowest BCUT2D eigenvalue weighted by molar-refractivity contribution is 0.201. The first-order valence-corrected chi connectivity index (χ1v) is 7.37. The maximum absolute atomic E-state index is 6.20. The lowest BCUT2D eigenvalue weighted by Crippen LogP contribution is -2.25. The van der Waals surface area contributed by atoms with E-state index in [1.54, 1.807) is 5.57 Å². The van der Waals surface area contributed by atoms with Crippen molar-refractivity contribution in [3.05, 3.63) is 41.5 Å². The van der Waals surface area contributed by atoms with Gasteiger partial charge < -0.3 is 4.74 Å². The second kappa shape index (κ2) is 5.60. The number of hydrogen-bond acceptors (Lipinski definition) is 1. The Morgan fingerprint density at radius 1 is 0.944 bits per heavy atom. The van der Waals surface area contributed by atoms with E-state index in [1.165, 1.54) is 44.1 Å². The molecule has 0 spiro atoms. The molecule has 0 bridgehead atoms. The summed E-state index contributed by atoms with van der Waals surface area (Å²) in [6.45, 7) is 0. The highest BCUT2D eigenvalue weighted by Crippen LogP contribution is 2.32. The number of aryl methyl sites for hydroxylation is 1. The number of rotatable bonds is 1. The number of ether oxygens (including phenoxy) is 1. The summed E-state index contributed by atoms with van der Waals surface area (Å²) in [4.78, 5) is 0. The fourth-order valence-corrected chi connectivity index (χ4v) is 3.09. The van der Waals surface area contributed by atoms with E-state index in [4.69, 9.17) is 4.74 Å². The Bertz CT molecular complexity index is 433. The van der Waals surface area contributed by atoms with Crippen molar-refractivity contribution in [2.45, 2.75) is 57.5 Å². The Hall–Kier alpha value is -1.24. The van der Waals surface area contributed by atoms with Crippen molar-refractivity contribution >= 4 is 0 Å². The topological polar surface area (TPSA) is 9.23 Å². The third kappa shape index (κ3) is 2.60. The van der Waals surface area contributed by atoms with Crippen LogP contribution >= 0.6 is 0 Å². The van der Waals surface area contributed by atoms with Gasteiger partial charge >= 0.3 is 0 Å². The van der Waals surface area contributed by atoms with Gasteiger partial charge in [-0.2, -0.15) is 0 Å². The van der Waals surface area contributed by atoms with Gasteiger partial charge in [-0.1, -0.05) is 37.1 Å². The quantitative estimate of drug-likeness (QED) is 0.651. The number of fused-ring (bicyclic) bond motifs is 1. The second-order valence-corrected chi connectivity index (χ2v) is 5.48. The average molecular weight is 242 g/mol. The van der Waals surface area contributed by atoms with Gasteiger partial charge in [0.05, 0.1) is 0 Å². The zero-order valence-electron chi connectivity index (χ0n) is 11.0. The van der Waals surface area contributed by atoms with Crippen LogP contribution in [0.3, 0.4) is 0 Å². The molecule has 1 nitrogen and oxygen atoms in total. The molecule has 0 aromatic heterocycles. The molecule has 1 heteroatoms. The molecule has 96 valence electrons. The molecule has 1 aromatic rings. The minimum atomic E-state index is 0.345. The zero-order valence-corrected chi connectivity index (χ0v) is 11.0. The van der Waals surface area contributed by atoms with Crippen molar-refractivity contribution < 1.29 is 4.74 Å². The highest BCUT2D eigenvalue weighted by atomic mass is 16.5. The Kier molecular flexibility index (Phi) is 3.68. The van der Waals surface area contributed by atoms with Crippen molar-refractivity contribution in [3.8, 4) is 5.75 Å². The maximum Gasteiger partial charge on any atom is 0.123 e. The third-order valence-corrected chi connectivity index (χ3v) is 4.16. The van der Waals surface area contributed by atoms with Crippen molar-refractivity contribution in [3.63, 3.8) is 0 Å². The van der Waals surface area contributed by atoms with Crippen LogP contribution in [0.4, 0.5) is 0 Å². The van der Waals surface area contributed by atoms with E-state index in [1.807, 2.05) is 0 Å². The van der Waals surface area contributed by atoms with Gasteiger partial charge in [-0.05, 0) is 55.7 Å². The lowest BCUT2D eigenvalue weighted by Gasteiger charge is -2.29. The Morgan fingerprint density at radius 3 is 2.83 bits per heavy atom. The van der Waals surface area contributed by atoms with Gasteiger partial charge in [-0.3, -0.25) is 0 Å². The minimum Gasteiger partial charge on any atom is -0.486 e. The SMILES string of the molecule is C1=C(/C2CCc3ccccc3O2)CCCCCC/1. The van der Waals surface area contributed by atoms with Gasteiger partial charge in [-0.15, -0.1) is 0 Å². The molecule has 0 N–H and O–H groups in total. The van der Waals surface area contributed by atoms with Crippen LogP contribution in [0.25, 0.3) is 0 Å². The standard InChI is InChI=1S/C17H22O/c1-2-4-8-14(9-5-3-1)17-13-12-15-10-6-7-11-16(15)18-17/h6-8,10-11,17H,1-5,9,12-13H2/b14-8+. The van der Waals surface area contributed by atoms with Crippen LogP contribution in [0.15, 0.2) is 35.9 Å². The highest BCUT2D eigenvalue weighted by Gasteiger charge is 2.22. The zero-order chi connectivity index (χ0) is 12.2. The van der Waals surface area contributed by atoms with Gasteiger partial charge in [0.25, 0.3) is 0 Å². The molecule has 0 saturated carbocycles. The third-order valence-electron chi connectivity index (χ3n) is 4.16. The molecule has 1 atom stereocenters. The first kappa shape index (κ1) is 11.8. The van der Waals surface area contributed by atoms with E-state index in [0.717, 1.165) is 18.6 Å². The molecule has 1 aliphatic carbocycles. The molecule has 0 saturated heterocycles. The first-order valence-electron chi connectivity index (χ1n) is 7.37. The fraction of sp³-hybridized carbons (Fsp3) is 0.529. The molecule has 1 aliphatic heterocycles. The molecule has 0 radical (unpaired) electrons. The first-order chi connectivity index (χ1) is 8.93. The molecule has 1 aromatic carbocycles. The second-order valence-electron chi connectivity index (χ2n) is 5.48. The van der Waals surface area contributed by atoms with Gasteiger partial charge in [0, 0.05) is 0 Å². The van der Waals surface area contributed by atoms with Crippen LogP contribution in [-0.2, 0) is 6.42 Å². The van der Waals surface area contributed by atoms with Crippen molar-refractivity contribution in [1.82, 2.24) is 0 Å². The van der Waals surface area contributed by atoms with Gasteiger partial charge in [0.1, 0.15) is 11.9 Å². The summed E-state index contributed by atoms with van der Waals surface area (Å²) in [5, 5.41) is 0. The summed E-state index contributed by atoms with van der Waals surface area (Å²) in [5.41, 5.74) is 2.93. The molecular weight excluding hydrogens is 220 g/mol. The number of para-hydroxylation sites is 1. The molecule has 1 heterocycles. The fourth-order valence-electron chi connectivity index (χ4n) is 3.09. The molecule has 1 unspecified atom stereocenters. The van der Waals surface area contributed by atoms with E-state index >= 15 is 0 Å². The van der Waals surface area contributed by atoms with Crippen LogP contribution in [0.2, 0.25) is 0 Å². The van der Waals surface area contributed by atoms with E-state index < -0.39 is 0 Å². The maximum atomic E-state index is 6.20. The molecule has 3 rings (SSSR count). The van der Waals surface area contributed by atoms with Gasteiger partial charge in [0.15, 0.2) is 0 Å². The molecule has 0 fully saturated rings.